The maximum atomic E-state index is 13.8. The van der Waals surface area contributed by atoms with Crippen molar-refractivity contribution in [1.82, 2.24) is 19.9 Å². The van der Waals surface area contributed by atoms with Crippen LogP contribution in [0.3, 0.4) is 0 Å². The Labute approximate surface area is 214 Å². The first kappa shape index (κ1) is 26.4. The molecule has 0 unspecified atom stereocenters. The number of hydrogen-bond donors (Lipinski definition) is 2. The second kappa shape index (κ2) is 10.5. The van der Waals surface area contributed by atoms with Crippen molar-refractivity contribution in [2.45, 2.75) is 12.4 Å². The van der Waals surface area contributed by atoms with E-state index in [-0.39, 0.29) is 30.1 Å². The molecule has 2 saturated heterocycles. The number of nitrogens with zero attached hydrogens (tertiary/aromatic N) is 5. The van der Waals surface area contributed by atoms with Crippen LogP contribution in [-0.2, 0) is 17.1 Å². The smallest absolute Gasteiger partial charge is 0.383 e. The Balaban J connectivity index is 1.30. The zero-order chi connectivity index (χ0) is 26.9. The minimum Gasteiger partial charge on any atom is -0.383 e. The van der Waals surface area contributed by atoms with Crippen LogP contribution in [0.4, 0.5) is 43.8 Å². The van der Waals surface area contributed by atoms with Crippen LogP contribution in [0.2, 0.25) is 0 Å². The van der Waals surface area contributed by atoms with E-state index in [0.717, 1.165) is 25.2 Å². The summed E-state index contributed by atoms with van der Waals surface area (Å²) in [5.74, 6) is 0.238. The van der Waals surface area contributed by atoms with Gasteiger partial charge < -0.3 is 24.8 Å². The number of aromatic nitrogens is 3. The Morgan fingerprint density at radius 1 is 0.895 bits per heavy atom. The molecule has 3 aromatic rings. The van der Waals surface area contributed by atoms with Crippen molar-refractivity contribution in [2.75, 3.05) is 80.7 Å². The van der Waals surface area contributed by atoms with E-state index in [9.17, 15) is 26.3 Å². The van der Waals surface area contributed by atoms with Gasteiger partial charge in [-0.2, -0.15) is 26.3 Å². The number of piperazine rings is 1. The molecule has 2 aliphatic rings. The van der Waals surface area contributed by atoms with Crippen LogP contribution in [0.15, 0.2) is 30.5 Å². The predicted molar refractivity (Wildman–Crippen MR) is 131 cm³/mol. The molecule has 0 amide bonds. The van der Waals surface area contributed by atoms with E-state index < -0.39 is 23.5 Å². The van der Waals surface area contributed by atoms with Crippen LogP contribution in [0.5, 0.6) is 0 Å². The predicted octanol–water partition coefficient (Wildman–Crippen LogP) is 4.07. The van der Waals surface area contributed by atoms with Gasteiger partial charge in [-0.25, -0.2) is 9.97 Å². The van der Waals surface area contributed by atoms with Crippen LogP contribution in [-0.4, -0.2) is 85.4 Å². The SMILES string of the molecule is FC(F)(F)c1cc2nc(N3CCN(c4ncccc4C(F)(F)F)CC3)[nH]c2cc1NCCN1CCOCC1. The van der Waals surface area contributed by atoms with Gasteiger partial charge in [-0.1, -0.05) is 0 Å². The number of fused-ring (bicyclic) bond motifs is 1. The average Bonchev–Trinajstić information content (AvgIpc) is 3.31. The summed E-state index contributed by atoms with van der Waals surface area (Å²) in [7, 11) is 0. The van der Waals surface area contributed by atoms with Gasteiger partial charge >= 0.3 is 12.4 Å². The molecule has 206 valence electrons. The normalized spacial score (nSPS) is 17.8. The number of aromatic amines is 1. The molecule has 2 N–H and O–H groups in total. The fourth-order valence-electron chi connectivity index (χ4n) is 4.75. The molecule has 0 saturated carbocycles. The number of benzene rings is 1. The van der Waals surface area contributed by atoms with Crippen molar-refractivity contribution in [3.8, 4) is 0 Å². The molecule has 2 aromatic heterocycles. The van der Waals surface area contributed by atoms with E-state index in [1.807, 2.05) is 4.90 Å². The maximum absolute atomic E-state index is 13.8. The summed E-state index contributed by atoms with van der Waals surface area (Å²) in [6, 6.07) is 4.68. The summed E-state index contributed by atoms with van der Waals surface area (Å²) >= 11 is 0. The van der Waals surface area contributed by atoms with E-state index in [1.54, 1.807) is 4.90 Å². The fraction of sp³-hybridized carbons (Fsp3) is 0.500. The van der Waals surface area contributed by atoms with Crippen LogP contribution in [0.1, 0.15) is 11.1 Å². The summed E-state index contributed by atoms with van der Waals surface area (Å²) in [5, 5.41) is 2.92. The number of H-pyrrole nitrogens is 1. The van der Waals surface area contributed by atoms with Gasteiger partial charge in [0.15, 0.2) is 0 Å². The number of nitrogens with one attached hydrogen (secondary N) is 2. The third-order valence-corrected chi connectivity index (χ3v) is 6.73. The molecule has 5 rings (SSSR count). The quantitative estimate of drug-likeness (QED) is 0.455. The molecule has 8 nitrogen and oxygen atoms in total. The molecule has 2 aliphatic heterocycles. The lowest BCUT2D eigenvalue weighted by molar-refractivity contribution is -0.138. The Kier molecular flexibility index (Phi) is 7.27. The Bertz CT molecular complexity index is 1250. The van der Waals surface area contributed by atoms with Crippen molar-refractivity contribution in [3.63, 3.8) is 0 Å². The molecule has 2 fully saturated rings. The third kappa shape index (κ3) is 5.75. The number of ether oxygens (including phenoxy) is 1. The highest BCUT2D eigenvalue weighted by molar-refractivity contribution is 5.83. The highest BCUT2D eigenvalue weighted by atomic mass is 19.4. The van der Waals surface area contributed by atoms with Gasteiger partial charge in [0.1, 0.15) is 5.82 Å². The first-order valence-electron chi connectivity index (χ1n) is 12.3. The number of pyridine rings is 1. The number of rotatable bonds is 6. The lowest BCUT2D eigenvalue weighted by Gasteiger charge is -2.36. The molecule has 0 spiro atoms. The molecule has 0 aliphatic carbocycles. The second-order valence-electron chi connectivity index (χ2n) is 9.20. The Morgan fingerprint density at radius 3 is 2.26 bits per heavy atom. The van der Waals surface area contributed by atoms with E-state index in [0.29, 0.717) is 50.9 Å². The van der Waals surface area contributed by atoms with E-state index >= 15 is 0 Å². The van der Waals surface area contributed by atoms with Crippen molar-refractivity contribution >= 4 is 28.5 Å². The molecule has 4 heterocycles. The topological polar surface area (TPSA) is 72.6 Å². The van der Waals surface area contributed by atoms with Gasteiger partial charge in [0, 0.05) is 64.2 Å². The van der Waals surface area contributed by atoms with Gasteiger partial charge in [-0.3, -0.25) is 4.90 Å². The summed E-state index contributed by atoms with van der Waals surface area (Å²) in [5.41, 5.74) is -1.03. The highest BCUT2D eigenvalue weighted by Crippen LogP contribution is 2.38. The standard InChI is InChI=1S/C24H27F6N7O/c25-23(26,27)16-2-1-3-32-21(16)36-6-8-37(9-7-36)22-33-19-14-17(24(28,29)30)18(15-20(19)34-22)31-4-5-35-10-12-38-13-11-35/h1-3,14-15,31H,4-13H2,(H,33,34). The van der Waals surface area contributed by atoms with Crippen molar-refractivity contribution < 1.29 is 31.1 Å². The van der Waals surface area contributed by atoms with Crippen LogP contribution in [0.25, 0.3) is 11.0 Å². The van der Waals surface area contributed by atoms with Crippen molar-refractivity contribution in [2.24, 2.45) is 0 Å². The summed E-state index contributed by atoms with van der Waals surface area (Å²) in [6.07, 6.45) is -7.77. The highest BCUT2D eigenvalue weighted by Gasteiger charge is 2.37. The summed E-state index contributed by atoms with van der Waals surface area (Å²) in [4.78, 5) is 16.9. The molecule has 0 atom stereocenters. The zero-order valence-electron chi connectivity index (χ0n) is 20.4. The number of halogens is 6. The first-order chi connectivity index (χ1) is 18.1. The molecular weight excluding hydrogens is 516 g/mol. The van der Waals surface area contributed by atoms with Gasteiger partial charge in [0.05, 0.1) is 35.4 Å². The minimum atomic E-state index is -4.57. The van der Waals surface area contributed by atoms with Gasteiger partial charge in [0.2, 0.25) is 5.95 Å². The second-order valence-corrected chi connectivity index (χ2v) is 9.20. The molecule has 1 aromatic carbocycles. The number of hydrogen-bond acceptors (Lipinski definition) is 7. The zero-order valence-corrected chi connectivity index (χ0v) is 20.4. The number of anilines is 3. The molecule has 0 bridgehead atoms. The Morgan fingerprint density at radius 2 is 1.58 bits per heavy atom. The Hall–Kier alpha value is -3.26. The molecular formula is C24H27F6N7O. The number of alkyl halides is 6. The van der Waals surface area contributed by atoms with Gasteiger partial charge in [-0.15, -0.1) is 0 Å². The number of imidazole rings is 1. The first-order valence-corrected chi connectivity index (χ1v) is 12.3. The number of morpholine rings is 1. The molecule has 38 heavy (non-hydrogen) atoms. The average molecular weight is 544 g/mol. The summed E-state index contributed by atoms with van der Waals surface area (Å²) in [6.45, 7) is 4.76. The van der Waals surface area contributed by atoms with Crippen LogP contribution in [0, 0.1) is 0 Å². The van der Waals surface area contributed by atoms with Crippen LogP contribution >= 0.6 is 0 Å². The largest absolute Gasteiger partial charge is 0.419 e. The van der Waals surface area contributed by atoms with Gasteiger partial charge in [0.25, 0.3) is 0 Å². The monoisotopic (exact) mass is 543 g/mol. The minimum absolute atomic E-state index is 0.0342. The lowest BCUT2D eigenvalue weighted by atomic mass is 10.1. The van der Waals surface area contributed by atoms with E-state index in [1.165, 1.54) is 18.3 Å². The van der Waals surface area contributed by atoms with E-state index in [4.69, 9.17) is 4.74 Å². The van der Waals surface area contributed by atoms with Crippen molar-refractivity contribution in [1.29, 1.82) is 0 Å². The lowest BCUT2D eigenvalue weighted by Crippen LogP contribution is -2.47. The molecule has 14 heteroatoms. The summed E-state index contributed by atoms with van der Waals surface area (Å²) < 4.78 is 87.0. The van der Waals surface area contributed by atoms with Crippen LogP contribution < -0.4 is 15.1 Å². The fourth-order valence-corrected chi connectivity index (χ4v) is 4.75. The van der Waals surface area contributed by atoms with Crippen molar-refractivity contribution in [3.05, 3.63) is 41.6 Å². The van der Waals surface area contributed by atoms with Gasteiger partial charge in [-0.05, 0) is 24.3 Å². The maximum Gasteiger partial charge on any atom is 0.419 e. The molecule has 0 radical (unpaired) electrons. The van der Waals surface area contributed by atoms with E-state index in [2.05, 4.69) is 25.2 Å². The third-order valence-electron chi connectivity index (χ3n) is 6.73.